The van der Waals surface area contributed by atoms with Crippen molar-refractivity contribution >= 4 is 23.1 Å². The zero-order chi connectivity index (χ0) is 18.7. The number of alkyl halides is 3. The van der Waals surface area contributed by atoms with E-state index in [1.807, 2.05) is 11.0 Å². The Kier molecular flexibility index (Phi) is 4.83. The van der Waals surface area contributed by atoms with Gasteiger partial charge in [0.25, 0.3) is 0 Å². The smallest absolute Gasteiger partial charge is 0.362 e. The van der Waals surface area contributed by atoms with Crippen molar-refractivity contribution in [1.29, 1.82) is 0 Å². The summed E-state index contributed by atoms with van der Waals surface area (Å²) in [5, 5.41) is 5.94. The fraction of sp³-hybridized carbons (Fsp3) is 0.222. The summed E-state index contributed by atoms with van der Waals surface area (Å²) >= 11 is 0. The lowest BCUT2D eigenvalue weighted by molar-refractivity contribution is -0.137. The third-order valence-corrected chi connectivity index (χ3v) is 4.04. The van der Waals surface area contributed by atoms with Gasteiger partial charge >= 0.3 is 6.18 Å². The molecule has 1 unspecified atom stereocenters. The first-order valence-corrected chi connectivity index (χ1v) is 7.95. The minimum absolute atomic E-state index is 0.163. The lowest BCUT2D eigenvalue weighted by Gasteiger charge is -2.36. The first kappa shape index (κ1) is 17.8. The van der Waals surface area contributed by atoms with E-state index in [4.69, 9.17) is 0 Å². The average Bonchev–Trinajstić information content (AvgIpc) is 2.64. The van der Waals surface area contributed by atoms with Crippen LogP contribution in [0.3, 0.4) is 0 Å². The predicted molar refractivity (Wildman–Crippen MR) is 93.3 cm³/mol. The Morgan fingerprint density at radius 2 is 2.08 bits per heavy atom. The largest absolute Gasteiger partial charge is 0.416 e. The van der Waals surface area contributed by atoms with Gasteiger partial charge in [0, 0.05) is 25.0 Å². The van der Waals surface area contributed by atoms with Crippen molar-refractivity contribution in [3.05, 3.63) is 60.8 Å². The maximum absolute atomic E-state index is 12.8. The molecule has 0 bridgehead atoms. The van der Waals surface area contributed by atoms with E-state index in [0.29, 0.717) is 24.6 Å². The molecule has 2 heterocycles. The second-order valence-electron chi connectivity index (χ2n) is 5.82. The van der Waals surface area contributed by atoms with E-state index < -0.39 is 11.7 Å². The van der Waals surface area contributed by atoms with Gasteiger partial charge in [-0.2, -0.15) is 13.2 Å². The number of halogens is 3. The van der Waals surface area contributed by atoms with Crippen LogP contribution in [0.15, 0.2) is 55.3 Å². The van der Waals surface area contributed by atoms with Gasteiger partial charge in [0.2, 0.25) is 5.91 Å². The molecule has 0 radical (unpaired) electrons. The number of benzene rings is 1. The summed E-state index contributed by atoms with van der Waals surface area (Å²) in [4.78, 5) is 17.6. The second-order valence-corrected chi connectivity index (χ2v) is 5.82. The molecule has 2 N–H and O–H groups in total. The maximum Gasteiger partial charge on any atom is 0.416 e. The van der Waals surface area contributed by atoms with E-state index in [2.05, 4.69) is 22.2 Å². The molecule has 136 valence electrons. The van der Waals surface area contributed by atoms with Crippen LogP contribution in [-0.4, -0.2) is 30.0 Å². The van der Waals surface area contributed by atoms with Crippen LogP contribution < -0.4 is 15.5 Å². The van der Waals surface area contributed by atoms with Crippen molar-refractivity contribution < 1.29 is 18.0 Å². The van der Waals surface area contributed by atoms with Gasteiger partial charge in [0.15, 0.2) is 0 Å². The van der Waals surface area contributed by atoms with Crippen LogP contribution in [0.25, 0.3) is 0 Å². The van der Waals surface area contributed by atoms with Crippen molar-refractivity contribution in [1.82, 2.24) is 10.3 Å². The molecule has 8 heteroatoms. The highest BCUT2D eigenvalue weighted by Gasteiger charge is 2.31. The molecule has 0 fully saturated rings. The number of hydrogen-bond donors (Lipinski definition) is 2. The van der Waals surface area contributed by atoms with Gasteiger partial charge in [0.05, 0.1) is 17.3 Å². The summed E-state index contributed by atoms with van der Waals surface area (Å²) in [6.07, 6.45) is -1.57. The number of carbonyl (C=O) groups is 1. The molecule has 3 rings (SSSR count). The fourth-order valence-electron chi connectivity index (χ4n) is 2.77. The van der Waals surface area contributed by atoms with E-state index in [-0.39, 0.29) is 11.9 Å². The van der Waals surface area contributed by atoms with Crippen molar-refractivity contribution in [2.75, 3.05) is 23.3 Å². The molecule has 26 heavy (non-hydrogen) atoms. The molecule has 1 aromatic heterocycles. The van der Waals surface area contributed by atoms with E-state index in [9.17, 15) is 18.0 Å². The normalized spacial score (nSPS) is 16.4. The van der Waals surface area contributed by atoms with Gasteiger partial charge in [-0.05, 0) is 42.5 Å². The zero-order valence-electron chi connectivity index (χ0n) is 13.8. The summed E-state index contributed by atoms with van der Waals surface area (Å²) < 4.78 is 38.4. The molecular weight excluding hydrogens is 345 g/mol. The molecular formula is C18H17F3N4O. The van der Waals surface area contributed by atoms with Crippen molar-refractivity contribution in [3.63, 3.8) is 0 Å². The van der Waals surface area contributed by atoms with E-state index in [1.165, 1.54) is 18.2 Å². The molecule has 1 aliphatic rings. The number of carbonyl (C=O) groups excluding carboxylic acids is 1. The van der Waals surface area contributed by atoms with Crippen LogP contribution >= 0.6 is 0 Å². The average molecular weight is 362 g/mol. The molecule has 1 aliphatic heterocycles. The van der Waals surface area contributed by atoms with Gasteiger partial charge in [0.1, 0.15) is 5.82 Å². The number of pyridine rings is 1. The number of nitrogens with one attached hydrogen (secondary N) is 2. The molecule has 2 aromatic rings. The van der Waals surface area contributed by atoms with Crippen LogP contribution in [0.1, 0.15) is 5.56 Å². The molecule has 0 saturated heterocycles. The fourth-order valence-corrected chi connectivity index (χ4v) is 2.77. The van der Waals surface area contributed by atoms with Crippen molar-refractivity contribution in [2.24, 2.45) is 0 Å². The van der Waals surface area contributed by atoms with Gasteiger partial charge < -0.3 is 15.5 Å². The molecule has 1 atom stereocenters. The summed E-state index contributed by atoms with van der Waals surface area (Å²) in [6.45, 7) is 4.19. The number of rotatable bonds is 4. The molecule has 0 aliphatic carbocycles. The highest BCUT2D eigenvalue weighted by atomic mass is 19.4. The van der Waals surface area contributed by atoms with Gasteiger partial charge in [-0.25, -0.2) is 4.98 Å². The van der Waals surface area contributed by atoms with Crippen LogP contribution in [0.4, 0.5) is 30.4 Å². The highest BCUT2D eigenvalue weighted by molar-refractivity contribution is 5.87. The van der Waals surface area contributed by atoms with Crippen LogP contribution in [0, 0.1) is 0 Å². The minimum Gasteiger partial charge on any atom is -0.362 e. The number of aromatic nitrogens is 1. The quantitative estimate of drug-likeness (QED) is 0.819. The Bertz CT molecular complexity index is 805. The summed E-state index contributed by atoms with van der Waals surface area (Å²) in [5.41, 5.74) is 0.685. The van der Waals surface area contributed by atoms with E-state index >= 15 is 0 Å². The van der Waals surface area contributed by atoms with Gasteiger partial charge in [-0.3, -0.25) is 4.79 Å². The molecule has 1 aromatic carbocycles. The zero-order valence-corrected chi connectivity index (χ0v) is 13.8. The number of anilines is 3. The number of nitrogens with zero attached hydrogens (tertiary/aromatic N) is 2. The molecule has 0 spiro atoms. The van der Waals surface area contributed by atoms with Gasteiger partial charge in [-0.15, -0.1) is 0 Å². The number of fused-ring (bicyclic) bond motifs is 1. The predicted octanol–water partition coefficient (Wildman–Crippen LogP) is 3.33. The topological polar surface area (TPSA) is 57.3 Å². The Hall–Kier alpha value is -3.03. The Balaban J connectivity index is 1.87. The monoisotopic (exact) mass is 362 g/mol. The maximum atomic E-state index is 12.8. The van der Waals surface area contributed by atoms with Crippen molar-refractivity contribution in [3.8, 4) is 0 Å². The Morgan fingerprint density at radius 1 is 1.35 bits per heavy atom. The highest BCUT2D eigenvalue weighted by Crippen LogP contribution is 2.36. The first-order valence-electron chi connectivity index (χ1n) is 7.95. The van der Waals surface area contributed by atoms with Crippen LogP contribution in [-0.2, 0) is 11.0 Å². The lowest BCUT2D eigenvalue weighted by Crippen LogP contribution is -2.46. The summed E-state index contributed by atoms with van der Waals surface area (Å²) in [7, 11) is 0. The third kappa shape index (κ3) is 3.79. The molecule has 5 nitrogen and oxygen atoms in total. The summed E-state index contributed by atoms with van der Waals surface area (Å²) in [5.74, 6) is 0.316. The number of amides is 1. The van der Waals surface area contributed by atoms with Gasteiger partial charge in [-0.1, -0.05) is 6.58 Å². The van der Waals surface area contributed by atoms with Crippen LogP contribution in [0.2, 0.25) is 0 Å². The number of hydrogen-bond acceptors (Lipinski definition) is 4. The summed E-state index contributed by atoms with van der Waals surface area (Å²) in [6, 6.07) is 8.42. The lowest BCUT2D eigenvalue weighted by atomic mass is 10.1. The molecule has 0 saturated carbocycles. The second kappa shape index (κ2) is 7.07. The van der Waals surface area contributed by atoms with E-state index in [0.717, 1.165) is 17.8 Å². The standard InChI is InChI=1S/C18H17F3N4O/c1-2-16(26)23-10-13-11-25(15-4-3-9-22-17(15)24-13)14-7-5-12(6-8-14)18(19,20)21/h2-9,13H,1,10-11H2,(H,22,24)(H,23,26). The Morgan fingerprint density at radius 3 is 2.73 bits per heavy atom. The van der Waals surface area contributed by atoms with Crippen LogP contribution in [0.5, 0.6) is 0 Å². The van der Waals surface area contributed by atoms with E-state index in [1.54, 1.807) is 12.3 Å². The van der Waals surface area contributed by atoms with Crippen molar-refractivity contribution in [2.45, 2.75) is 12.2 Å². The Labute approximate surface area is 148 Å². The first-order chi connectivity index (χ1) is 12.4. The molecule has 1 amide bonds. The SMILES string of the molecule is C=CC(=O)NCC1CN(c2ccc(C(F)(F)F)cc2)c2cccnc2N1. The minimum atomic E-state index is -4.38. The third-order valence-electron chi connectivity index (χ3n) is 4.04.